The zero-order valence-corrected chi connectivity index (χ0v) is 12.5. The predicted molar refractivity (Wildman–Crippen MR) is 83.2 cm³/mol. The minimum atomic E-state index is 0.0575. The number of thiazole rings is 1. The number of carbonyl (C=O) groups is 1. The fraction of sp³-hybridized carbons (Fsp3) is 0.429. The van der Waals surface area contributed by atoms with Crippen molar-refractivity contribution >= 4 is 44.2 Å². The smallest absolute Gasteiger partial charge is 0.229 e. The van der Waals surface area contributed by atoms with E-state index in [1.165, 1.54) is 11.3 Å². The Morgan fingerprint density at radius 2 is 2.10 bits per heavy atom. The van der Waals surface area contributed by atoms with Gasteiger partial charge in [0.15, 0.2) is 5.13 Å². The Labute approximate surface area is 126 Å². The Balaban J connectivity index is 1.71. The highest BCUT2D eigenvalue weighted by Crippen LogP contribution is 2.30. The molecule has 1 aromatic carbocycles. The van der Waals surface area contributed by atoms with Gasteiger partial charge in [0.05, 0.1) is 10.2 Å². The van der Waals surface area contributed by atoms with Crippen LogP contribution in [0.2, 0.25) is 5.02 Å². The number of fused-ring (bicyclic) bond motifs is 1. The molecule has 0 unspecified atom stereocenters. The highest BCUT2D eigenvalue weighted by molar-refractivity contribution is 7.22. The van der Waals surface area contributed by atoms with Gasteiger partial charge in [-0.2, -0.15) is 0 Å². The molecule has 0 aliphatic heterocycles. The molecule has 0 spiro atoms. The highest BCUT2D eigenvalue weighted by atomic mass is 35.5. The van der Waals surface area contributed by atoms with Crippen molar-refractivity contribution in [2.45, 2.75) is 31.7 Å². The second-order valence-electron chi connectivity index (χ2n) is 5.23. The van der Waals surface area contributed by atoms with Crippen LogP contribution >= 0.6 is 22.9 Å². The molecule has 3 N–H and O–H groups in total. The molecule has 20 heavy (non-hydrogen) atoms. The molecule has 1 heterocycles. The lowest BCUT2D eigenvalue weighted by atomic mass is 9.86. The molecule has 1 aromatic heterocycles. The number of nitrogens with one attached hydrogen (secondary N) is 1. The van der Waals surface area contributed by atoms with Crippen molar-refractivity contribution in [3.63, 3.8) is 0 Å². The number of benzene rings is 1. The first-order chi connectivity index (χ1) is 9.61. The molecular formula is C14H16ClN3OS. The summed E-state index contributed by atoms with van der Waals surface area (Å²) in [6, 6.07) is 5.81. The van der Waals surface area contributed by atoms with Gasteiger partial charge in [0.1, 0.15) is 0 Å². The standard InChI is InChI=1S/C14H16ClN3OS/c15-9-3-6-12-11(7-9)17-14(20-12)18-13(19)8-1-4-10(16)5-2-8/h3,6-8,10H,1-2,4-5,16H2,(H,17,18,19)/t8-,10-. The lowest BCUT2D eigenvalue weighted by Crippen LogP contribution is -2.32. The van der Waals surface area contributed by atoms with Crippen LogP contribution in [0.3, 0.4) is 0 Å². The van der Waals surface area contributed by atoms with E-state index in [0.717, 1.165) is 35.9 Å². The maximum Gasteiger partial charge on any atom is 0.229 e. The lowest BCUT2D eigenvalue weighted by molar-refractivity contribution is -0.120. The van der Waals surface area contributed by atoms with E-state index in [-0.39, 0.29) is 17.9 Å². The third-order valence-electron chi connectivity index (χ3n) is 3.72. The third-order valence-corrected chi connectivity index (χ3v) is 4.91. The van der Waals surface area contributed by atoms with E-state index in [4.69, 9.17) is 17.3 Å². The van der Waals surface area contributed by atoms with Gasteiger partial charge in [0.25, 0.3) is 0 Å². The van der Waals surface area contributed by atoms with Crippen molar-refractivity contribution in [3.05, 3.63) is 23.2 Å². The van der Waals surface area contributed by atoms with Crippen LogP contribution in [-0.4, -0.2) is 16.9 Å². The van der Waals surface area contributed by atoms with E-state index >= 15 is 0 Å². The predicted octanol–water partition coefficient (Wildman–Crippen LogP) is 3.41. The summed E-state index contributed by atoms with van der Waals surface area (Å²) in [5.41, 5.74) is 6.68. The Kier molecular flexibility index (Phi) is 3.92. The molecule has 4 nitrogen and oxygen atoms in total. The fourth-order valence-corrected chi connectivity index (χ4v) is 3.56. The molecule has 1 amide bonds. The van der Waals surface area contributed by atoms with Gasteiger partial charge in [0, 0.05) is 17.0 Å². The maximum atomic E-state index is 12.2. The molecule has 1 aliphatic rings. The highest BCUT2D eigenvalue weighted by Gasteiger charge is 2.25. The van der Waals surface area contributed by atoms with Crippen LogP contribution in [0.25, 0.3) is 10.2 Å². The summed E-state index contributed by atoms with van der Waals surface area (Å²) in [5.74, 6) is 0.118. The first-order valence-electron chi connectivity index (χ1n) is 6.74. The molecule has 2 aromatic rings. The average Bonchev–Trinajstić information content (AvgIpc) is 2.80. The van der Waals surface area contributed by atoms with Gasteiger partial charge in [-0.25, -0.2) is 4.98 Å². The summed E-state index contributed by atoms with van der Waals surface area (Å²) in [6.07, 6.45) is 3.58. The Morgan fingerprint density at radius 3 is 2.85 bits per heavy atom. The van der Waals surface area contributed by atoms with Gasteiger partial charge in [-0.3, -0.25) is 4.79 Å². The van der Waals surface area contributed by atoms with Gasteiger partial charge < -0.3 is 11.1 Å². The van der Waals surface area contributed by atoms with Crippen LogP contribution in [0, 0.1) is 5.92 Å². The van der Waals surface area contributed by atoms with Gasteiger partial charge in [0.2, 0.25) is 5.91 Å². The Hall–Kier alpha value is -1.17. The van der Waals surface area contributed by atoms with Crippen LogP contribution in [0.1, 0.15) is 25.7 Å². The first-order valence-corrected chi connectivity index (χ1v) is 7.94. The number of aromatic nitrogens is 1. The van der Waals surface area contributed by atoms with E-state index in [1.807, 2.05) is 18.2 Å². The lowest BCUT2D eigenvalue weighted by Gasteiger charge is -2.24. The van der Waals surface area contributed by atoms with E-state index in [2.05, 4.69) is 10.3 Å². The van der Waals surface area contributed by atoms with E-state index in [9.17, 15) is 4.79 Å². The van der Waals surface area contributed by atoms with Crippen molar-refractivity contribution in [2.75, 3.05) is 5.32 Å². The van der Waals surface area contributed by atoms with Crippen molar-refractivity contribution in [3.8, 4) is 0 Å². The third kappa shape index (κ3) is 2.95. The summed E-state index contributed by atoms with van der Waals surface area (Å²) < 4.78 is 1.02. The van der Waals surface area contributed by atoms with Crippen molar-refractivity contribution in [1.82, 2.24) is 4.98 Å². The monoisotopic (exact) mass is 309 g/mol. The van der Waals surface area contributed by atoms with E-state index < -0.39 is 0 Å². The van der Waals surface area contributed by atoms with Crippen molar-refractivity contribution in [1.29, 1.82) is 0 Å². The minimum absolute atomic E-state index is 0.0575. The van der Waals surface area contributed by atoms with Crippen LogP contribution in [0.5, 0.6) is 0 Å². The maximum absolute atomic E-state index is 12.2. The molecule has 0 radical (unpaired) electrons. The van der Waals surface area contributed by atoms with Gasteiger partial charge >= 0.3 is 0 Å². The molecule has 1 aliphatic carbocycles. The van der Waals surface area contributed by atoms with Crippen LogP contribution in [-0.2, 0) is 4.79 Å². The number of hydrogen-bond acceptors (Lipinski definition) is 4. The molecule has 1 fully saturated rings. The normalized spacial score (nSPS) is 22.9. The van der Waals surface area contributed by atoms with Crippen molar-refractivity contribution in [2.24, 2.45) is 11.7 Å². The molecule has 0 bridgehead atoms. The Bertz CT molecular complexity index is 634. The topological polar surface area (TPSA) is 68.0 Å². The van der Waals surface area contributed by atoms with Gasteiger partial charge in [-0.05, 0) is 43.9 Å². The molecule has 1 saturated carbocycles. The second-order valence-corrected chi connectivity index (χ2v) is 6.70. The zero-order chi connectivity index (χ0) is 14.1. The number of nitrogens with zero attached hydrogens (tertiary/aromatic N) is 1. The molecule has 106 valence electrons. The number of anilines is 1. The van der Waals surface area contributed by atoms with Crippen LogP contribution in [0.4, 0.5) is 5.13 Å². The number of hydrogen-bond donors (Lipinski definition) is 2. The quantitative estimate of drug-likeness (QED) is 0.893. The zero-order valence-electron chi connectivity index (χ0n) is 10.9. The summed E-state index contributed by atoms with van der Waals surface area (Å²) in [5, 5.41) is 4.22. The Morgan fingerprint density at radius 1 is 1.35 bits per heavy atom. The largest absolute Gasteiger partial charge is 0.328 e. The van der Waals surface area contributed by atoms with E-state index in [1.54, 1.807) is 0 Å². The number of amides is 1. The average molecular weight is 310 g/mol. The van der Waals surface area contributed by atoms with Crippen LogP contribution < -0.4 is 11.1 Å². The summed E-state index contributed by atoms with van der Waals surface area (Å²) in [4.78, 5) is 16.6. The SMILES string of the molecule is N[C@H]1CC[C@H](C(=O)Nc2nc3cc(Cl)ccc3s2)CC1. The molecule has 3 rings (SSSR count). The van der Waals surface area contributed by atoms with Gasteiger partial charge in [-0.1, -0.05) is 22.9 Å². The van der Waals surface area contributed by atoms with Crippen LogP contribution in [0.15, 0.2) is 18.2 Å². The minimum Gasteiger partial charge on any atom is -0.328 e. The summed E-state index contributed by atoms with van der Waals surface area (Å²) >= 11 is 7.41. The molecule has 6 heteroatoms. The first kappa shape index (κ1) is 13.8. The number of nitrogens with two attached hydrogens (primary N) is 1. The number of rotatable bonds is 2. The molecular weight excluding hydrogens is 294 g/mol. The molecule has 0 saturated heterocycles. The van der Waals surface area contributed by atoms with E-state index in [0.29, 0.717) is 10.2 Å². The molecule has 0 atom stereocenters. The number of halogens is 1. The summed E-state index contributed by atoms with van der Waals surface area (Å²) in [7, 11) is 0. The fourth-order valence-electron chi connectivity index (χ4n) is 2.54. The summed E-state index contributed by atoms with van der Waals surface area (Å²) in [6.45, 7) is 0. The second kappa shape index (κ2) is 5.68. The van der Waals surface area contributed by atoms with Gasteiger partial charge in [-0.15, -0.1) is 0 Å². The number of carbonyl (C=O) groups excluding carboxylic acids is 1. The van der Waals surface area contributed by atoms with Crippen molar-refractivity contribution < 1.29 is 4.79 Å².